The van der Waals surface area contributed by atoms with Gasteiger partial charge in [-0.3, -0.25) is 4.79 Å². The predicted octanol–water partition coefficient (Wildman–Crippen LogP) is 4.26. The van der Waals surface area contributed by atoms with Gasteiger partial charge in [-0.2, -0.15) is 8.78 Å². The molecule has 0 radical (unpaired) electrons. The molecular formula is C20H21F2NO5. The van der Waals surface area contributed by atoms with Crippen molar-refractivity contribution in [2.24, 2.45) is 0 Å². The average Bonchev–Trinajstić information content (AvgIpc) is 2.68. The van der Waals surface area contributed by atoms with Crippen molar-refractivity contribution in [1.82, 2.24) is 0 Å². The molecule has 0 saturated carbocycles. The summed E-state index contributed by atoms with van der Waals surface area (Å²) in [6.07, 6.45) is 1.97. The summed E-state index contributed by atoms with van der Waals surface area (Å²) < 4.78 is 38.9. The van der Waals surface area contributed by atoms with Crippen molar-refractivity contribution in [2.75, 3.05) is 18.5 Å². The molecule has 0 aliphatic heterocycles. The van der Waals surface area contributed by atoms with Crippen LogP contribution in [0.2, 0.25) is 0 Å². The zero-order chi connectivity index (χ0) is 20.4. The van der Waals surface area contributed by atoms with E-state index in [9.17, 15) is 18.4 Å². The van der Waals surface area contributed by atoms with Gasteiger partial charge in [0.25, 0.3) is 5.91 Å². The van der Waals surface area contributed by atoms with Crippen LogP contribution in [0.3, 0.4) is 0 Å². The van der Waals surface area contributed by atoms with Crippen molar-refractivity contribution in [1.29, 1.82) is 0 Å². The molecule has 0 aliphatic carbocycles. The highest BCUT2D eigenvalue weighted by atomic mass is 19.3. The molecule has 6 nitrogen and oxygen atoms in total. The van der Waals surface area contributed by atoms with Crippen LogP contribution >= 0.6 is 0 Å². The number of nitrogens with one attached hydrogen (secondary N) is 1. The first-order chi connectivity index (χ1) is 13.5. The number of alkyl halides is 2. The Morgan fingerprint density at radius 2 is 1.64 bits per heavy atom. The first-order valence-electron chi connectivity index (χ1n) is 8.72. The zero-order valence-corrected chi connectivity index (χ0v) is 15.3. The molecule has 1 N–H and O–H groups in total. The minimum Gasteiger partial charge on any atom is -0.494 e. The van der Waals surface area contributed by atoms with Crippen LogP contribution in [0, 0.1) is 0 Å². The lowest BCUT2D eigenvalue weighted by Gasteiger charge is -2.09. The summed E-state index contributed by atoms with van der Waals surface area (Å²) in [5, 5.41) is 2.49. The Labute approximate surface area is 161 Å². The number of ether oxygens (including phenoxy) is 3. The molecule has 0 heterocycles. The Bertz CT molecular complexity index is 763. The number of carbonyl (C=O) groups excluding carboxylic acids is 2. The fourth-order valence-electron chi connectivity index (χ4n) is 2.15. The van der Waals surface area contributed by atoms with E-state index < -0.39 is 25.1 Å². The number of benzene rings is 2. The van der Waals surface area contributed by atoms with Crippen molar-refractivity contribution in [3.05, 3.63) is 54.1 Å². The summed E-state index contributed by atoms with van der Waals surface area (Å²) in [5.41, 5.74) is 0.653. The van der Waals surface area contributed by atoms with Gasteiger partial charge in [0.05, 0.1) is 12.2 Å². The molecule has 0 atom stereocenters. The second-order valence-corrected chi connectivity index (χ2v) is 5.75. The van der Waals surface area contributed by atoms with Gasteiger partial charge in [-0.15, -0.1) is 0 Å². The average molecular weight is 393 g/mol. The standard InChI is InChI=1S/C20H21F2NO5/c1-2-3-12-26-16-8-4-14(5-9-16)19(25)27-13-18(24)23-15-6-10-17(11-7-15)28-20(21)22/h4-11,20H,2-3,12-13H2,1H3,(H,23,24). The number of rotatable bonds is 10. The van der Waals surface area contributed by atoms with Crippen LogP contribution in [0.4, 0.5) is 14.5 Å². The molecule has 2 aromatic carbocycles. The fourth-order valence-corrected chi connectivity index (χ4v) is 2.15. The van der Waals surface area contributed by atoms with Gasteiger partial charge in [-0.1, -0.05) is 13.3 Å². The number of hydrogen-bond acceptors (Lipinski definition) is 5. The van der Waals surface area contributed by atoms with E-state index in [1.54, 1.807) is 24.3 Å². The Morgan fingerprint density at radius 1 is 1.00 bits per heavy atom. The molecule has 1 amide bonds. The van der Waals surface area contributed by atoms with Crippen LogP contribution < -0.4 is 14.8 Å². The highest BCUT2D eigenvalue weighted by Gasteiger charge is 2.11. The molecule has 0 aliphatic rings. The molecule has 28 heavy (non-hydrogen) atoms. The van der Waals surface area contributed by atoms with Crippen molar-refractivity contribution < 1.29 is 32.6 Å². The van der Waals surface area contributed by atoms with Crippen molar-refractivity contribution in [3.63, 3.8) is 0 Å². The van der Waals surface area contributed by atoms with Gasteiger partial charge < -0.3 is 19.5 Å². The molecule has 8 heteroatoms. The Kier molecular flexibility index (Phi) is 8.20. The van der Waals surface area contributed by atoms with E-state index >= 15 is 0 Å². The van der Waals surface area contributed by atoms with E-state index in [0.717, 1.165) is 12.8 Å². The molecule has 0 unspecified atom stereocenters. The van der Waals surface area contributed by atoms with Crippen LogP contribution in [0.1, 0.15) is 30.1 Å². The maximum Gasteiger partial charge on any atom is 0.387 e. The second kappa shape index (κ2) is 10.9. The van der Waals surface area contributed by atoms with Crippen LogP contribution in [0.5, 0.6) is 11.5 Å². The van der Waals surface area contributed by atoms with Gasteiger partial charge in [0.2, 0.25) is 0 Å². The highest BCUT2D eigenvalue weighted by Crippen LogP contribution is 2.18. The Balaban J connectivity index is 1.77. The normalized spacial score (nSPS) is 10.4. The summed E-state index contributed by atoms with van der Waals surface area (Å²) in [7, 11) is 0. The van der Waals surface area contributed by atoms with E-state index in [4.69, 9.17) is 9.47 Å². The lowest BCUT2D eigenvalue weighted by molar-refractivity contribution is -0.119. The Morgan fingerprint density at radius 3 is 2.25 bits per heavy atom. The maximum atomic E-state index is 12.1. The minimum absolute atomic E-state index is 0.0263. The van der Waals surface area contributed by atoms with E-state index in [1.165, 1.54) is 24.3 Å². The first-order valence-corrected chi connectivity index (χ1v) is 8.72. The SMILES string of the molecule is CCCCOc1ccc(C(=O)OCC(=O)Nc2ccc(OC(F)F)cc2)cc1. The van der Waals surface area contributed by atoms with Crippen LogP contribution in [0.25, 0.3) is 0 Å². The summed E-state index contributed by atoms with van der Waals surface area (Å²) in [6, 6.07) is 11.8. The van der Waals surface area contributed by atoms with Crippen molar-refractivity contribution in [2.45, 2.75) is 26.4 Å². The summed E-state index contributed by atoms with van der Waals surface area (Å²) in [6.45, 7) is -0.731. The lowest BCUT2D eigenvalue weighted by atomic mass is 10.2. The largest absolute Gasteiger partial charge is 0.494 e. The number of unbranched alkanes of at least 4 members (excludes halogenated alkanes) is 1. The Hall–Kier alpha value is -3.16. The zero-order valence-electron chi connectivity index (χ0n) is 15.3. The monoisotopic (exact) mass is 393 g/mol. The highest BCUT2D eigenvalue weighted by molar-refractivity contribution is 5.95. The van der Waals surface area contributed by atoms with Crippen LogP contribution in [-0.2, 0) is 9.53 Å². The van der Waals surface area contributed by atoms with E-state index in [2.05, 4.69) is 17.0 Å². The predicted molar refractivity (Wildman–Crippen MR) is 98.8 cm³/mol. The number of halogens is 2. The third-order valence-electron chi connectivity index (χ3n) is 3.55. The van der Waals surface area contributed by atoms with Crippen molar-refractivity contribution >= 4 is 17.6 Å². The van der Waals surface area contributed by atoms with Gasteiger partial charge in [0, 0.05) is 5.69 Å². The molecule has 0 saturated heterocycles. The van der Waals surface area contributed by atoms with Crippen LogP contribution in [0.15, 0.2) is 48.5 Å². The van der Waals surface area contributed by atoms with Gasteiger partial charge in [0.1, 0.15) is 11.5 Å². The van der Waals surface area contributed by atoms with Gasteiger partial charge >= 0.3 is 12.6 Å². The second-order valence-electron chi connectivity index (χ2n) is 5.75. The molecule has 2 rings (SSSR count). The number of amides is 1. The quantitative estimate of drug-likeness (QED) is 0.482. The fraction of sp³-hybridized carbons (Fsp3) is 0.300. The third-order valence-corrected chi connectivity index (χ3v) is 3.55. The van der Waals surface area contributed by atoms with Gasteiger partial charge in [-0.05, 0) is 55.0 Å². The number of hydrogen-bond donors (Lipinski definition) is 1. The van der Waals surface area contributed by atoms with Gasteiger partial charge in [-0.25, -0.2) is 4.79 Å². The van der Waals surface area contributed by atoms with Crippen molar-refractivity contribution in [3.8, 4) is 11.5 Å². The summed E-state index contributed by atoms with van der Waals surface area (Å²) in [4.78, 5) is 23.8. The molecule has 150 valence electrons. The summed E-state index contributed by atoms with van der Waals surface area (Å²) >= 11 is 0. The van der Waals surface area contributed by atoms with Crippen LogP contribution in [-0.4, -0.2) is 31.7 Å². The smallest absolute Gasteiger partial charge is 0.387 e. The van der Waals surface area contributed by atoms with Gasteiger partial charge in [0.15, 0.2) is 6.61 Å². The molecule has 0 spiro atoms. The number of anilines is 1. The topological polar surface area (TPSA) is 73.9 Å². The molecule has 0 fully saturated rings. The van der Waals surface area contributed by atoms with E-state index in [-0.39, 0.29) is 5.75 Å². The number of carbonyl (C=O) groups is 2. The molecule has 0 aromatic heterocycles. The molecule has 0 bridgehead atoms. The van der Waals surface area contributed by atoms with E-state index in [1.807, 2.05) is 0 Å². The third kappa shape index (κ3) is 7.22. The minimum atomic E-state index is -2.92. The van der Waals surface area contributed by atoms with E-state index in [0.29, 0.717) is 23.6 Å². The molecular weight excluding hydrogens is 372 g/mol. The number of esters is 1. The summed E-state index contributed by atoms with van der Waals surface area (Å²) in [5.74, 6) is -0.574. The molecule has 2 aromatic rings. The maximum absolute atomic E-state index is 12.1. The first kappa shape index (κ1) is 21.1. The lowest BCUT2D eigenvalue weighted by Crippen LogP contribution is -2.20.